The Morgan fingerprint density at radius 2 is 1.96 bits per heavy atom. The van der Waals surface area contributed by atoms with Crippen LogP contribution in [0.1, 0.15) is 13.3 Å². The first-order valence-corrected chi connectivity index (χ1v) is 11.2. The van der Waals surface area contributed by atoms with Gasteiger partial charge in [0.1, 0.15) is 17.0 Å². The van der Waals surface area contributed by atoms with E-state index >= 15 is 0 Å². The highest BCUT2D eigenvalue weighted by Crippen LogP contribution is 2.36. The van der Waals surface area contributed by atoms with Gasteiger partial charge in [-0.1, -0.05) is 37.3 Å². The van der Waals surface area contributed by atoms with Crippen LogP contribution in [0.15, 0.2) is 42.0 Å². The van der Waals surface area contributed by atoms with Gasteiger partial charge in [-0.2, -0.15) is 0 Å². The molecule has 3 rings (SSSR count). The molecule has 0 saturated heterocycles. The van der Waals surface area contributed by atoms with Gasteiger partial charge in [-0.3, -0.25) is 0 Å². The van der Waals surface area contributed by atoms with E-state index < -0.39 is 10.0 Å². The first kappa shape index (κ1) is 18.8. The fourth-order valence-electron chi connectivity index (χ4n) is 2.86. The number of benzene rings is 1. The smallest absolute Gasteiger partial charge is 0.211 e. The van der Waals surface area contributed by atoms with Crippen LogP contribution in [0.3, 0.4) is 0 Å². The molecule has 3 aromatic rings. The molecule has 0 fully saturated rings. The summed E-state index contributed by atoms with van der Waals surface area (Å²) in [6, 6.07) is 10.2. The Bertz CT molecular complexity index is 971. The van der Waals surface area contributed by atoms with E-state index in [1.165, 1.54) is 10.6 Å². The molecule has 0 radical (unpaired) electrons. The predicted molar refractivity (Wildman–Crippen MR) is 108 cm³/mol. The van der Waals surface area contributed by atoms with E-state index in [9.17, 15) is 8.42 Å². The van der Waals surface area contributed by atoms with Gasteiger partial charge in [0.15, 0.2) is 0 Å². The predicted octanol–water partition coefficient (Wildman–Crippen LogP) is 3.44. The van der Waals surface area contributed by atoms with Crippen LogP contribution in [0.25, 0.3) is 21.3 Å². The normalized spacial score (nSPS) is 12.0. The lowest BCUT2D eigenvalue weighted by molar-refractivity contribution is 0.428. The highest BCUT2D eigenvalue weighted by Gasteiger charge is 2.15. The number of hydrogen-bond donors (Lipinski definition) is 1. The Kier molecular flexibility index (Phi) is 5.85. The topological polar surface area (TPSA) is 75.2 Å². The van der Waals surface area contributed by atoms with Gasteiger partial charge in [0.05, 0.1) is 11.6 Å². The fourth-order valence-corrected chi connectivity index (χ4v) is 4.71. The maximum absolute atomic E-state index is 11.7. The summed E-state index contributed by atoms with van der Waals surface area (Å²) < 4.78 is 24.8. The van der Waals surface area contributed by atoms with Crippen molar-refractivity contribution < 1.29 is 8.42 Å². The number of anilines is 1. The van der Waals surface area contributed by atoms with E-state index in [-0.39, 0.29) is 0 Å². The number of nitrogens with zero attached hydrogens (tertiary/aromatic N) is 3. The molecule has 0 amide bonds. The highest BCUT2D eigenvalue weighted by molar-refractivity contribution is 7.88. The number of aromatic nitrogens is 2. The summed E-state index contributed by atoms with van der Waals surface area (Å²) >= 11 is 1.60. The van der Waals surface area contributed by atoms with Gasteiger partial charge in [0, 0.05) is 30.6 Å². The van der Waals surface area contributed by atoms with Crippen molar-refractivity contribution in [2.24, 2.45) is 0 Å². The molecule has 6 nitrogen and oxygen atoms in total. The van der Waals surface area contributed by atoms with E-state index in [1.54, 1.807) is 17.7 Å². The van der Waals surface area contributed by atoms with Gasteiger partial charge in [0.2, 0.25) is 10.0 Å². The van der Waals surface area contributed by atoms with Crippen molar-refractivity contribution in [3.05, 3.63) is 42.0 Å². The molecule has 26 heavy (non-hydrogen) atoms. The summed E-state index contributed by atoms with van der Waals surface area (Å²) in [7, 11) is -3.15. The molecule has 0 bridgehead atoms. The van der Waals surface area contributed by atoms with Crippen LogP contribution in [0.4, 0.5) is 5.82 Å². The van der Waals surface area contributed by atoms with Crippen LogP contribution < -0.4 is 5.32 Å². The molecule has 0 aliphatic heterocycles. The van der Waals surface area contributed by atoms with Crippen molar-refractivity contribution in [1.82, 2.24) is 14.3 Å². The number of fused-ring (bicyclic) bond motifs is 1. The Morgan fingerprint density at radius 3 is 2.65 bits per heavy atom. The lowest BCUT2D eigenvalue weighted by Crippen LogP contribution is -2.31. The monoisotopic (exact) mass is 390 g/mol. The molecule has 1 N–H and O–H groups in total. The summed E-state index contributed by atoms with van der Waals surface area (Å²) in [4.78, 5) is 9.71. The van der Waals surface area contributed by atoms with Gasteiger partial charge in [0.25, 0.3) is 0 Å². The molecule has 0 spiro atoms. The van der Waals surface area contributed by atoms with Crippen LogP contribution >= 0.6 is 11.3 Å². The van der Waals surface area contributed by atoms with Crippen LogP contribution in [-0.4, -0.2) is 48.6 Å². The molecular weight excluding hydrogens is 368 g/mol. The van der Waals surface area contributed by atoms with Gasteiger partial charge < -0.3 is 5.32 Å². The van der Waals surface area contributed by atoms with Gasteiger partial charge in [-0.05, 0) is 12.0 Å². The Balaban J connectivity index is 1.76. The van der Waals surface area contributed by atoms with Crippen molar-refractivity contribution in [3.8, 4) is 11.1 Å². The molecule has 0 aliphatic carbocycles. The summed E-state index contributed by atoms with van der Waals surface area (Å²) in [5.74, 6) is 0.789. The minimum Gasteiger partial charge on any atom is -0.369 e. The number of nitrogens with one attached hydrogen (secondary N) is 1. The molecule has 8 heteroatoms. The molecule has 2 aromatic heterocycles. The van der Waals surface area contributed by atoms with Gasteiger partial charge in [-0.15, -0.1) is 11.3 Å². The van der Waals surface area contributed by atoms with Gasteiger partial charge >= 0.3 is 0 Å². The first-order chi connectivity index (χ1) is 12.5. The lowest BCUT2D eigenvalue weighted by atomic mass is 10.1. The summed E-state index contributed by atoms with van der Waals surface area (Å²) in [5, 5.41) is 6.46. The average Bonchev–Trinajstić information content (AvgIpc) is 3.06. The molecule has 0 saturated carbocycles. The van der Waals surface area contributed by atoms with Crippen LogP contribution in [0, 0.1) is 0 Å². The third kappa shape index (κ3) is 4.20. The summed E-state index contributed by atoms with van der Waals surface area (Å²) in [6.07, 6.45) is 3.51. The zero-order valence-electron chi connectivity index (χ0n) is 14.8. The van der Waals surface area contributed by atoms with Crippen molar-refractivity contribution >= 4 is 37.4 Å². The third-order valence-electron chi connectivity index (χ3n) is 4.15. The Morgan fingerprint density at radius 1 is 1.19 bits per heavy atom. The lowest BCUT2D eigenvalue weighted by Gasteiger charge is -2.17. The zero-order chi connectivity index (χ0) is 18.6. The number of rotatable bonds is 8. The quantitative estimate of drug-likeness (QED) is 0.596. The van der Waals surface area contributed by atoms with Crippen molar-refractivity contribution in [2.45, 2.75) is 13.3 Å². The van der Waals surface area contributed by atoms with E-state index in [2.05, 4.69) is 32.8 Å². The average molecular weight is 391 g/mol. The summed E-state index contributed by atoms with van der Waals surface area (Å²) in [6.45, 7) is 3.47. The molecule has 0 aliphatic rings. The molecule has 0 atom stereocenters. The largest absolute Gasteiger partial charge is 0.369 e. The van der Waals surface area contributed by atoms with Gasteiger partial charge in [-0.25, -0.2) is 22.7 Å². The molecule has 138 valence electrons. The Hall–Kier alpha value is -2.03. The van der Waals surface area contributed by atoms with Crippen LogP contribution in [0.2, 0.25) is 0 Å². The van der Waals surface area contributed by atoms with Crippen molar-refractivity contribution in [2.75, 3.05) is 31.2 Å². The van der Waals surface area contributed by atoms with E-state index in [4.69, 9.17) is 0 Å². The molecular formula is C18H22N4O2S2. The second-order valence-electron chi connectivity index (χ2n) is 5.95. The fraction of sp³-hybridized carbons (Fsp3) is 0.333. The standard InChI is InChI=1S/C18H22N4O2S2/c1-3-22(26(2,23)24)11-7-10-19-17-16-15(14-8-5-4-6-9-14)12-25-18(16)21-13-20-17/h4-6,8-9,12-13H,3,7,10-11H2,1-2H3,(H,19,20,21). The first-order valence-electron chi connectivity index (χ1n) is 8.47. The van der Waals surface area contributed by atoms with E-state index in [0.717, 1.165) is 27.2 Å². The number of hydrogen-bond acceptors (Lipinski definition) is 6. The second kappa shape index (κ2) is 8.11. The molecule has 1 aromatic carbocycles. The maximum atomic E-state index is 11.7. The van der Waals surface area contributed by atoms with Crippen molar-refractivity contribution in [3.63, 3.8) is 0 Å². The minimum atomic E-state index is -3.15. The Labute approximate surface area is 158 Å². The van der Waals surface area contributed by atoms with Crippen LogP contribution in [0.5, 0.6) is 0 Å². The number of sulfonamides is 1. The second-order valence-corrected chi connectivity index (χ2v) is 8.79. The maximum Gasteiger partial charge on any atom is 0.211 e. The molecule has 2 heterocycles. The van der Waals surface area contributed by atoms with E-state index in [1.807, 2.05) is 25.1 Å². The highest BCUT2D eigenvalue weighted by atomic mass is 32.2. The van der Waals surface area contributed by atoms with Crippen LogP contribution in [-0.2, 0) is 10.0 Å². The number of thiophene rings is 1. The van der Waals surface area contributed by atoms with E-state index in [0.29, 0.717) is 26.1 Å². The summed E-state index contributed by atoms with van der Waals surface area (Å²) in [5.41, 5.74) is 2.24. The van der Waals surface area contributed by atoms with Crippen molar-refractivity contribution in [1.29, 1.82) is 0 Å². The minimum absolute atomic E-state index is 0.485. The SMILES string of the molecule is CCN(CCCNc1ncnc2scc(-c3ccccc3)c12)S(C)(=O)=O. The third-order valence-corrected chi connectivity index (χ3v) is 6.42. The zero-order valence-corrected chi connectivity index (χ0v) is 16.5. The molecule has 0 unspecified atom stereocenters.